The van der Waals surface area contributed by atoms with Gasteiger partial charge in [-0.3, -0.25) is 19.3 Å². The first-order valence-electron chi connectivity index (χ1n) is 7.76. The van der Waals surface area contributed by atoms with E-state index in [4.69, 9.17) is 17.3 Å². The third-order valence-electron chi connectivity index (χ3n) is 3.42. The van der Waals surface area contributed by atoms with E-state index in [1.54, 1.807) is 6.08 Å². The highest BCUT2D eigenvalue weighted by molar-refractivity contribution is 8.26. The average Bonchev–Trinajstić information content (AvgIpc) is 2.84. The molecular weight excluding hydrogens is 360 g/mol. The van der Waals surface area contributed by atoms with Crippen LogP contribution in [-0.4, -0.2) is 45.2 Å². The van der Waals surface area contributed by atoms with E-state index in [1.807, 2.05) is 30.3 Å². The Morgan fingerprint density at radius 2 is 1.96 bits per heavy atom. The molecule has 1 aromatic carbocycles. The molecule has 0 unspecified atom stereocenters. The Labute approximate surface area is 155 Å². The van der Waals surface area contributed by atoms with Gasteiger partial charge in [0.1, 0.15) is 4.32 Å². The van der Waals surface area contributed by atoms with Gasteiger partial charge in [0, 0.05) is 25.9 Å². The SMILES string of the molecule is O=C(O)CCCNC(=O)CCN1C(=O)C(=Cc2ccccc2)SC1=S. The third-order valence-corrected chi connectivity index (χ3v) is 4.80. The molecule has 1 aliphatic rings. The molecule has 8 heteroatoms. The van der Waals surface area contributed by atoms with Crippen LogP contribution in [0.4, 0.5) is 0 Å². The molecule has 0 atom stereocenters. The van der Waals surface area contributed by atoms with Crippen LogP contribution in [0.1, 0.15) is 24.8 Å². The maximum Gasteiger partial charge on any atom is 0.303 e. The highest BCUT2D eigenvalue weighted by atomic mass is 32.2. The van der Waals surface area contributed by atoms with Crippen LogP contribution in [0.15, 0.2) is 35.2 Å². The van der Waals surface area contributed by atoms with Gasteiger partial charge in [0.05, 0.1) is 4.91 Å². The molecule has 0 saturated carbocycles. The quantitative estimate of drug-likeness (QED) is 0.410. The van der Waals surface area contributed by atoms with Gasteiger partial charge in [0.2, 0.25) is 5.91 Å². The molecule has 0 spiro atoms. The zero-order valence-electron chi connectivity index (χ0n) is 13.4. The number of thioether (sulfide) groups is 1. The first-order valence-corrected chi connectivity index (χ1v) is 8.99. The zero-order valence-corrected chi connectivity index (χ0v) is 15.1. The molecular formula is C17H18N2O4S2. The summed E-state index contributed by atoms with van der Waals surface area (Å²) in [5.41, 5.74) is 0.916. The lowest BCUT2D eigenvalue weighted by atomic mass is 10.2. The zero-order chi connectivity index (χ0) is 18.2. The number of nitrogens with one attached hydrogen (secondary N) is 1. The van der Waals surface area contributed by atoms with Crippen molar-refractivity contribution in [1.29, 1.82) is 0 Å². The summed E-state index contributed by atoms with van der Waals surface area (Å²) < 4.78 is 0.436. The number of nitrogens with zero attached hydrogens (tertiary/aromatic N) is 1. The van der Waals surface area contributed by atoms with Crippen molar-refractivity contribution in [2.24, 2.45) is 0 Å². The van der Waals surface area contributed by atoms with Gasteiger partial charge >= 0.3 is 5.97 Å². The van der Waals surface area contributed by atoms with Crippen LogP contribution in [0.2, 0.25) is 0 Å². The van der Waals surface area contributed by atoms with E-state index in [0.717, 1.165) is 5.56 Å². The second-order valence-corrected chi connectivity index (χ2v) is 7.02. The smallest absolute Gasteiger partial charge is 0.303 e. The van der Waals surface area contributed by atoms with Crippen molar-refractivity contribution in [3.63, 3.8) is 0 Å². The van der Waals surface area contributed by atoms with Crippen LogP contribution < -0.4 is 5.32 Å². The van der Waals surface area contributed by atoms with Crippen molar-refractivity contribution in [2.45, 2.75) is 19.3 Å². The number of carboxylic acid groups (broad SMARTS) is 1. The number of carbonyl (C=O) groups excluding carboxylic acids is 2. The third kappa shape index (κ3) is 5.99. The molecule has 6 nitrogen and oxygen atoms in total. The van der Waals surface area contributed by atoms with Crippen LogP contribution in [0.5, 0.6) is 0 Å². The lowest BCUT2D eigenvalue weighted by Gasteiger charge is -2.14. The van der Waals surface area contributed by atoms with Crippen molar-refractivity contribution in [2.75, 3.05) is 13.1 Å². The van der Waals surface area contributed by atoms with Crippen LogP contribution in [0.3, 0.4) is 0 Å². The molecule has 0 bridgehead atoms. The molecule has 1 fully saturated rings. The molecule has 0 aromatic heterocycles. The van der Waals surface area contributed by atoms with E-state index in [2.05, 4.69) is 5.32 Å². The summed E-state index contributed by atoms with van der Waals surface area (Å²) >= 11 is 6.45. The fraction of sp³-hybridized carbons (Fsp3) is 0.294. The Morgan fingerprint density at radius 1 is 1.24 bits per heavy atom. The van der Waals surface area contributed by atoms with Crippen molar-refractivity contribution >= 4 is 52.2 Å². The number of aliphatic carboxylic acids is 1. The number of carbonyl (C=O) groups is 3. The van der Waals surface area contributed by atoms with Gasteiger partial charge in [-0.15, -0.1) is 0 Å². The van der Waals surface area contributed by atoms with Crippen molar-refractivity contribution < 1.29 is 19.5 Å². The summed E-state index contributed by atoms with van der Waals surface area (Å²) in [5.74, 6) is -1.32. The van der Waals surface area contributed by atoms with E-state index < -0.39 is 5.97 Å². The number of thiocarbonyl (C=S) groups is 1. The first kappa shape index (κ1) is 19.1. The topological polar surface area (TPSA) is 86.7 Å². The van der Waals surface area contributed by atoms with Crippen molar-refractivity contribution in [1.82, 2.24) is 10.2 Å². The maximum atomic E-state index is 12.4. The molecule has 2 rings (SSSR count). The van der Waals surface area contributed by atoms with Gasteiger partial charge in [0.15, 0.2) is 0 Å². The molecule has 1 saturated heterocycles. The molecule has 2 amide bonds. The van der Waals surface area contributed by atoms with E-state index in [0.29, 0.717) is 22.2 Å². The fourth-order valence-corrected chi connectivity index (χ4v) is 3.47. The van der Waals surface area contributed by atoms with Gasteiger partial charge in [-0.2, -0.15) is 0 Å². The minimum Gasteiger partial charge on any atom is -0.481 e. The average molecular weight is 378 g/mol. The molecule has 25 heavy (non-hydrogen) atoms. The highest BCUT2D eigenvalue weighted by Gasteiger charge is 2.31. The van der Waals surface area contributed by atoms with Gasteiger partial charge in [-0.25, -0.2) is 0 Å². The maximum absolute atomic E-state index is 12.4. The standard InChI is InChI=1S/C17H18N2O4S2/c20-14(18-9-4-7-15(21)22)8-10-19-16(23)13(25-17(19)24)11-12-5-2-1-3-6-12/h1-3,5-6,11H,4,7-10H2,(H,18,20)(H,21,22). The molecule has 1 aliphatic heterocycles. The second kappa shape index (κ2) is 9.33. The Hall–Kier alpha value is -2.19. The second-order valence-electron chi connectivity index (χ2n) is 5.34. The van der Waals surface area contributed by atoms with E-state index >= 15 is 0 Å². The number of amides is 2. The summed E-state index contributed by atoms with van der Waals surface area (Å²) in [6.07, 6.45) is 2.30. The van der Waals surface area contributed by atoms with Crippen LogP contribution in [0, 0.1) is 0 Å². The Bertz CT molecular complexity index is 704. The summed E-state index contributed by atoms with van der Waals surface area (Å²) in [4.78, 5) is 36.6. The first-order chi connectivity index (χ1) is 12.0. The van der Waals surface area contributed by atoms with Gasteiger partial charge in [-0.1, -0.05) is 54.3 Å². The van der Waals surface area contributed by atoms with Gasteiger partial charge in [-0.05, 0) is 18.1 Å². The summed E-state index contributed by atoms with van der Waals surface area (Å²) in [6, 6.07) is 9.48. The molecule has 2 N–H and O–H groups in total. The molecule has 132 valence electrons. The largest absolute Gasteiger partial charge is 0.481 e. The fourth-order valence-electron chi connectivity index (χ4n) is 2.16. The minimum absolute atomic E-state index is 0.0132. The monoisotopic (exact) mass is 378 g/mol. The lowest BCUT2D eigenvalue weighted by Crippen LogP contribution is -2.33. The van der Waals surface area contributed by atoms with Crippen molar-refractivity contribution in [3.8, 4) is 0 Å². The minimum atomic E-state index is -0.892. The lowest BCUT2D eigenvalue weighted by molar-refractivity contribution is -0.137. The molecule has 1 heterocycles. The number of carboxylic acids is 1. The van der Waals surface area contributed by atoms with Gasteiger partial charge < -0.3 is 10.4 Å². The van der Waals surface area contributed by atoms with Gasteiger partial charge in [0.25, 0.3) is 5.91 Å². The summed E-state index contributed by atoms with van der Waals surface area (Å²) in [6.45, 7) is 0.513. The van der Waals surface area contributed by atoms with Crippen molar-refractivity contribution in [3.05, 3.63) is 40.8 Å². The normalized spacial score (nSPS) is 15.7. The number of hydrogen-bond donors (Lipinski definition) is 2. The summed E-state index contributed by atoms with van der Waals surface area (Å²) in [7, 11) is 0. The molecule has 0 radical (unpaired) electrons. The highest BCUT2D eigenvalue weighted by Crippen LogP contribution is 2.32. The Morgan fingerprint density at radius 3 is 2.64 bits per heavy atom. The molecule has 1 aromatic rings. The number of hydrogen-bond acceptors (Lipinski definition) is 5. The van der Waals surface area contributed by atoms with E-state index in [9.17, 15) is 14.4 Å². The predicted molar refractivity (Wildman–Crippen MR) is 101 cm³/mol. The predicted octanol–water partition coefficient (Wildman–Crippen LogP) is 2.26. The van der Waals surface area contributed by atoms with E-state index in [-0.39, 0.29) is 31.2 Å². The van der Waals surface area contributed by atoms with E-state index in [1.165, 1.54) is 16.7 Å². The number of rotatable bonds is 8. The molecule has 0 aliphatic carbocycles. The summed E-state index contributed by atoms with van der Waals surface area (Å²) in [5, 5.41) is 11.2. The van der Waals surface area contributed by atoms with Crippen LogP contribution in [-0.2, 0) is 14.4 Å². The Balaban J connectivity index is 1.83. The Kier molecular flexibility index (Phi) is 7.15. The van der Waals surface area contributed by atoms with Crippen LogP contribution in [0.25, 0.3) is 6.08 Å². The van der Waals surface area contributed by atoms with Crippen LogP contribution >= 0.6 is 24.0 Å². The number of benzene rings is 1.